The first-order valence-electron chi connectivity index (χ1n) is 7.15. The van der Waals surface area contributed by atoms with Crippen LogP contribution in [0.4, 0.5) is 0 Å². The first kappa shape index (κ1) is 14.4. The Hall–Kier alpha value is -0.980. The highest BCUT2D eigenvalue weighted by atomic mass is 16.5. The number of ether oxygens (including phenoxy) is 1. The molecule has 0 saturated carbocycles. The van der Waals surface area contributed by atoms with Crippen LogP contribution in [0.15, 0.2) is 4.52 Å². The van der Waals surface area contributed by atoms with E-state index < -0.39 is 0 Å². The molecule has 2 unspecified atom stereocenters. The second kappa shape index (κ2) is 6.98. The zero-order valence-corrected chi connectivity index (χ0v) is 11.8. The fourth-order valence-corrected chi connectivity index (χ4v) is 2.34. The Morgan fingerprint density at radius 1 is 1.42 bits per heavy atom. The molecule has 0 spiro atoms. The number of likely N-dealkylation sites (N-methyl/N-ethyl adjacent to an activating group) is 1. The molecule has 1 fully saturated rings. The summed E-state index contributed by atoms with van der Waals surface area (Å²) >= 11 is 0. The van der Waals surface area contributed by atoms with Crippen molar-refractivity contribution in [3.8, 4) is 0 Å². The summed E-state index contributed by atoms with van der Waals surface area (Å²) in [6, 6.07) is -0.193. The van der Waals surface area contributed by atoms with Crippen LogP contribution in [0.2, 0.25) is 0 Å². The van der Waals surface area contributed by atoms with Gasteiger partial charge in [0, 0.05) is 13.2 Å². The summed E-state index contributed by atoms with van der Waals surface area (Å²) in [5, 5.41) is 3.99. The van der Waals surface area contributed by atoms with Gasteiger partial charge in [0.1, 0.15) is 0 Å². The van der Waals surface area contributed by atoms with Gasteiger partial charge < -0.3 is 19.9 Å². The Morgan fingerprint density at radius 3 is 2.84 bits per heavy atom. The average molecular weight is 268 g/mol. The van der Waals surface area contributed by atoms with E-state index in [-0.39, 0.29) is 12.1 Å². The van der Waals surface area contributed by atoms with Gasteiger partial charge in [-0.15, -0.1) is 0 Å². The van der Waals surface area contributed by atoms with Crippen molar-refractivity contribution in [1.82, 2.24) is 15.0 Å². The first-order valence-corrected chi connectivity index (χ1v) is 7.15. The molecule has 1 aliphatic heterocycles. The lowest BCUT2D eigenvalue weighted by molar-refractivity contribution is 0.104. The summed E-state index contributed by atoms with van der Waals surface area (Å²) < 4.78 is 10.8. The lowest BCUT2D eigenvalue weighted by Crippen LogP contribution is -2.32. The highest BCUT2D eigenvalue weighted by Crippen LogP contribution is 2.17. The Balaban J connectivity index is 1.88. The largest absolute Gasteiger partial charge is 0.378 e. The van der Waals surface area contributed by atoms with Crippen LogP contribution in [0.1, 0.15) is 44.4 Å². The topological polar surface area (TPSA) is 77.4 Å². The molecule has 2 N–H and O–H groups in total. The lowest BCUT2D eigenvalue weighted by Gasteiger charge is -2.20. The van der Waals surface area contributed by atoms with Crippen LogP contribution in [-0.2, 0) is 11.2 Å². The summed E-state index contributed by atoms with van der Waals surface area (Å²) in [4.78, 5) is 6.64. The van der Waals surface area contributed by atoms with E-state index in [1.54, 1.807) is 0 Å². The van der Waals surface area contributed by atoms with Crippen LogP contribution in [-0.4, -0.2) is 47.4 Å². The fraction of sp³-hybridized carbons (Fsp3) is 0.846. The molecule has 1 aromatic heterocycles. The molecular weight excluding hydrogens is 244 g/mol. The molecule has 19 heavy (non-hydrogen) atoms. The Kier molecular flexibility index (Phi) is 5.30. The maximum absolute atomic E-state index is 6.11. The summed E-state index contributed by atoms with van der Waals surface area (Å²) in [5.41, 5.74) is 6.11. The molecule has 6 nitrogen and oxygen atoms in total. The zero-order chi connectivity index (χ0) is 13.7. The third kappa shape index (κ3) is 3.99. The van der Waals surface area contributed by atoms with Gasteiger partial charge in [0.15, 0.2) is 5.82 Å². The number of hydrogen-bond acceptors (Lipinski definition) is 6. The standard InChI is InChI=1S/C13H24N4O2/c1-3-17(4-2)9-11(14)13-15-12(19-16-13)8-10-6-5-7-18-10/h10-11H,3-9,14H2,1-2H3. The quantitative estimate of drug-likeness (QED) is 0.799. The third-order valence-electron chi connectivity index (χ3n) is 3.59. The molecule has 2 heterocycles. The second-order valence-corrected chi connectivity index (χ2v) is 4.98. The van der Waals surface area contributed by atoms with E-state index in [4.69, 9.17) is 15.0 Å². The van der Waals surface area contributed by atoms with E-state index >= 15 is 0 Å². The highest BCUT2D eigenvalue weighted by molar-refractivity contribution is 4.95. The van der Waals surface area contributed by atoms with Crippen LogP contribution in [0.3, 0.4) is 0 Å². The summed E-state index contributed by atoms with van der Waals surface area (Å²) in [6.45, 7) is 7.79. The van der Waals surface area contributed by atoms with E-state index in [2.05, 4.69) is 28.9 Å². The number of nitrogens with zero attached hydrogens (tertiary/aromatic N) is 3. The molecule has 0 radical (unpaired) electrons. The van der Waals surface area contributed by atoms with Crippen LogP contribution in [0.5, 0.6) is 0 Å². The molecule has 0 aliphatic carbocycles. The van der Waals surface area contributed by atoms with Gasteiger partial charge in [-0.2, -0.15) is 4.98 Å². The van der Waals surface area contributed by atoms with Crippen LogP contribution in [0.25, 0.3) is 0 Å². The smallest absolute Gasteiger partial charge is 0.229 e. The predicted octanol–water partition coefficient (Wildman–Crippen LogP) is 1.13. The molecule has 2 rings (SSSR count). The minimum Gasteiger partial charge on any atom is -0.378 e. The molecule has 1 saturated heterocycles. The van der Waals surface area contributed by atoms with Gasteiger partial charge in [0.2, 0.25) is 5.89 Å². The second-order valence-electron chi connectivity index (χ2n) is 4.98. The normalized spacial score (nSPS) is 21.2. The summed E-state index contributed by atoms with van der Waals surface area (Å²) in [5.74, 6) is 1.23. The Labute approximate surface area is 114 Å². The van der Waals surface area contributed by atoms with E-state index in [9.17, 15) is 0 Å². The Bertz CT molecular complexity index is 372. The molecule has 6 heteroatoms. The van der Waals surface area contributed by atoms with Crippen molar-refractivity contribution in [3.05, 3.63) is 11.7 Å². The number of rotatable bonds is 7. The van der Waals surface area contributed by atoms with Crippen molar-refractivity contribution >= 4 is 0 Å². The molecule has 1 aliphatic rings. The van der Waals surface area contributed by atoms with Gasteiger partial charge in [-0.3, -0.25) is 0 Å². The van der Waals surface area contributed by atoms with Gasteiger partial charge in [-0.25, -0.2) is 0 Å². The molecule has 0 bridgehead atoms. The van der Waals surface area contributed by atoms with Crippen LogP contribution >= 0.6 is 0 Å². The molecule has 0 amide bonds. The van der Waals surface area contributed by atoms with Gasteiger partial charge in [0.25, 0.3) is 0 Å². The van der Waals surface area contributed by atoms with Gasteiger partial charge in [0.05, 0.1) is 18.6 Å². The minimum absolute atomic E-state index is 0.193. The zero-order valence-electron chi connectivity index (χ0n) is 11.8. The molecular formula is C13H24N4O2. The fourth-order valence-electron chi connectivity index (χ4n) is 2.34. The minimum atomic E-state index is -0.193. The van der Waals surface area contributed by atoms with Gasteiger partial charge in [-0.05, 0) is 25.9 Å². The highest BCUT2D eigenvalue weighted by Gasteiger charge is 2.21. The van der Waals surface area contributed by atoms with Crippen molar-refractivity contribution in [2.45, 2.75) is 45.3 Å². The van der Waals surface area contributed by atoms with Crippen LogP contribution in [0, 0.1) is 0 Å². The van der Waals surface area contributed by atoms with E-state index in [1.165, 1.54) is 0 Å². The van der Waals surface area contributed by atoms with E-state index in [0.29, 0.717) is 18.1 Å². The Morgan fingerprint density at radius 2 is 2.21 bits per heavy atom. The number of nitrogens with two attached hydrogens (primary N) is 1. The van der Waals surface area contributed by atoms with E-state index in [1.807, 2.05) is 0 Å². The molecule has 0 aromatic carbocycles. The van der Waals surface area contributed by atoms with E-state index in [0.717, 1.165) is 39.1 Å². The summed E-state index contributed by atoms with van der Waals surface area (Å²) in [7, 11) is 0. The number of aromatic nitrogens is 2. The van der Waals surface area contributed by atoms with Crippen molar-refractivity contribution < 1.29 is 9.26 Å². The predicted molar refractivity (Wildman–Crippen MR) is 71.7 cm³/mol. The third-order valence-corrected chi connectivity index (χ3v) is 3.59. The SMILES string of the molecule is CCN(CC)CC(N)c1noc(CC2CCCO2)n1. The molecule has 1 aromatic rings. The monoisotopic (exact) mass is 268 g/mol. The number of hydrogen-bond donors (Lipinski definition) is 1. The van der Waals surface area contributed by atoms with Gasteiger partial charge in [-0.1, -0.05) is 19.0 Å². The van der Waals surface area contributed by atoms with Crippen LogP contribution < -0.4 is 5.73 Å². The maximum Gasteiger partial charge on any atom is 0.229 e. The first-order chi connectivity index (χ1) is 9.22. The summed E-state index contributed by atoms with van der Waals surface area (Å²) in [6.07, 6.45) is 3.12. The average Bonchev–Trinajstić information content (AvgIpc) is 3.07. The van der Waals surface area contributed by atoms with Crippen molar-refractivity contribution in [1.29, 1.82) is 0 Å². The van der Waals surface area contributed by atoms with Crippen molar-refractivity contribution in [2.75, 3.05) is 26.2 Å². The lowest BCUT2D eigenvalue weighted by atomic mass is 10.2. The van der Waals surface area contributed by atoms with Crippen molar-refractivity contribution in [3.63, 3.8) is 0 Å². The van der Waals surface area contributed by atoms with Crippen molar-refractivity contribution in [2.24, 2.45) is 5.73 Å². The molecule has 108 valence electrons. The maximum atomic E-state index is 6.11. The van der Waals surface area contributed by atoms with Gasteiger partial charge >= 0.3 is 0 Å². The molecule has 2 atom stereocenters.